The van der Waals surface area contributed by atoms with E-state index in [9.17, 15) is 8.78 Å². The molecule has 22 heavy (non-hydrogen) atoms. The highest BCUT2D eigenvalue weighted by atomic mass is 79.9. The number of benzene rings is 1. The lowest BCUT2D eigenvalue weighted by Crippen LogP contribution is -2.38. The Morgan fingerprint density at radius 1 is 1.41 bits per heavy atom. The fourth-order valence-electron chi connectivity index (χ4n) is 1.66. The Hall–Kier alpha value is -1.02. The van der Waals surface area contributed by atoms with Crippen molar-refractivity contribution < 1.29 is 13.5 Å². The zero-order valence-electron chi connectivity index (χ0n) is 12.5. The zero-order valence-corrected chi connectivity index (χ0v) is 14.9. The molecule has 1 aromatic rings. The molecule has 0 spiro atoms. The SMILES string of the molecule is CCNC(=NCc1cc(Br)ccc1OC(F)F)NCCSC. The lowest BCUT2D eigenvalue weighted by Gasteiger charge is -2.12. The van der Waals surface area contributed by atoms with Gasteiger partial charge in [0.05, 0.1) is 6.54 Å². The van der Waals surface area contributed by atoms with Crippen molar-refractivity contribution in [3.8, 4) is 5.75 Å². The second-order valence-electron chi connectivity index (χ2n) is 4.25. The standard InChI is InChI=1S/C14H20BrF2N3OS/c1-3-18-14(19-6-7-22-2)20-9-10-8-11(15)4-5-12(10)21-13(16)17/h4-5,8,13H,3,6-7,9H2,1-2H3,(H2,18,19,20). The maximum absolute atomic E-state index is 12.4. The van der Waals surface area contributed by atoms with Gasteiger partial charge in [-0.15, -0.1) is 0 Å². The molecule has 1 aromatic carbocycles. The first kappa shape index (κ1) is 19.0. The number of ether oxygens (including phenoxy) is 1. The summed E-state index contributed by atoms with van der Waals surface area (Å²) < 4.78 is 30.2. The van der Waals surface area contributed by atoms with Crippen LogP contribution in [0, 0.1) is 0 Å². The molecule has 0 saturated heterocycles. The second-order valence-corrected chi connectivity index (χ2v) is 6.15. The maximum atomic E-state index is 12.4. The molecule has 0 fully saturated rings. The number of nitrogens with zero attached hydrogens (tertiary/aromatic N) is 1. The van der Waals surface area contributed by atoms with Gasteiger partial charge in [0.25, 0.3) is 0 Å². The highest BCUT2D eigenvalue weighted by Gasteiger charge is 2.10. The van der Waals surface area contributed by atoms with Crippen LogP contribution in [0.2, 0.25) is 0 Å². The molecule has 0 saturated carbocycles. The molecule has 0 heterocycles. The lowest BCUT2D eigenvalue weighted by molar-refractivity contribution is -0.0504. The van der Waals surface area contributed by atoms with E-state index in [1.165, 1.54) is 6.07 Å². The van der Waals surface area contributed by atoms with E-state index in [0.29, 0.717) is 11.5 Å². The summed E-state index contributed by atoms with van der Waals surface area (Å²) in [5.41, 5.74) is 0.594. The van der Waals surface area contributed by atoms with Crippen molar-refractivity contribution in [2.45, 2.75) is 20.1 Å². The Morgan fingerprint density at radius 2 is 2.18 bits per heavy atom. The molecule has 2 N–H and O–H groups in total. The van der Waals surface area contributed by atoms with Crippen molar-refractivity contribution in [3.63, 3.8) is 0 Å². The van der Waals surface area contributed by atoms with Gasteiger partial charge in [0.15, 0.2) is 5.96 Å². The summed E-state index contributed by atoms with van der Waals surface area (Å²) in [6, 6.07) is 4.90. The van der Waals surface area contributed by atoms with Gasteiger partial charge in [-0.05, 0) is 31.4 Å². The van der Waals surface area contributed by atoms with Crippen molar-refractivity contribution in [1.82, 2.24) is 10.6 Å². The summed E-state index contributed by atoms with van der Waals surface area (Å²) >= 11 is 5.06. The van der Waals surface area contributed by atoms with E-state index in [-0.39, 0.29) is 12.3 Å². The zero-order chi connectivity index (χ0) is 16.4. The number of nitrogens with one attached hydrogen (secondary N) is 2. The minimum atomic E-state index is -2.85. The Balaban J connectivity index is 2.80. The average Bonchev–Trinajstić information content (AvgIpc) is 2.47. The largest absolute Gasteiger partial charge is 0.434 e. The van der Waals surface area contributed by atoms with E-state index in [1.807, 2.05) is 13.2 Å². The summed E-state index contributed by atoms with van der Waals surface area (Å²) in [6.45, 7) is 0.874. The molecule has 0 aliphatic carbocycles. The fraction of sp³-hybridized carbons (Fsp3) is 0.500. The summed E-state index contributed by atoms with van der Waals surface area (Å²) in [5, 5.41) is 6.30. The number of thioether (sulfide) groups is 1. The Kier molecular flexibility index (Phi) is 9.22. The van der Waals surface area contributed by atoms with E-state index in [2.05, 4.69) is 36.3 Å². The van der Waals surface area contributed by atoms with Gasteiger partial charge >= 0.3 is 6.61 Å². The Bertz CT molecular complexity index is 489. The van der Waals surface area contributed by atoms with Crippen LogP contribution in [0.3, 0.4) is 0 Å². The van der Waals surface area contributed by atoms with Crippen LogP contribution in [0.15, 0.2) is 27.7 Å². The predicted molar refractivity (Wildman–Crippen MR) is 92.0 cm³/mol. The third-order valence-corrected chi connectivity index (χ3v) is 3.69. The van der Waals surface area contributed by atoms with Gasteiger partial charge < -0.3 is 15.4 Å². The van der Waals surface area contributed by atoms with Crippen molar-refractivity contribution in [3.05, 3.63) is 28.2 Å². The second kappa shape index (κ2) is 10.7. The fourth-order valence-corrected chi connectivity index (χ4v) is 2.37. The van der Waals surface area contributed by atoms with Crippen LogP contribution in [0.5, 0.6) is 5.75 Å². The highest BCUT2D eigenvalue weighted by molar-refractivity contribution is 9.10. The smallest absolute Gasteiger partial charge is 0.387 e. The maximum Gasteiger partial charge on any atom is 0.387 e. The van der Waals surface area contributed by atoms with Crippen LogP contribution in [0.1, 0.15) is 12.5 Å². The number of guanidine groups is 1. The third kappa shape index (κ3) is 7.31. The number of hydrogen-bond donors (Lipinski definition) is 2. The Morgan fingerprint density at radius 3 is 2.82 bits per heavy atom. The average molecular weight is 396 g/mol. The third-order valence-electron chi connectivity index (χ3n) is 2.59. The molecule has 0 aliphatic rings. The minimum Gasteiger partial charge on any atom is -0.434 e. The summed E-state index contributed by atoms with van der Waals surface area (Å²) in [5.74, 6) is 1.75. The number of halogens is 3. The number of alkyl halides is 2. The van der Waals surface area contributed by atoms with Gasteiger partial charge in [-0.3, -0.25) is 0 Å². The summed E-state index contributed by atoms with van der Waals surface area (Å²) in [4.78, 5) is 4.40. The molecule has 0 aromatic heterocycles. The molecule has 1 rings (SSSR count). The molecule has 0 atom stereocenters. The number of aliphatic imine (C=N–C) groups is 1. The van der Waals surface area contributed by atoms with Crippen LogP contribution in [-0.2, 0) is 6.54 Å². The summed E-state index contributed by atoms with van der Waals surface area (Å²) in [6.07, 6.45) is 2.03. The first-order valence-electron chi connectivity index (χ1n) is 6.81. The van der Waals surface area contributed by atoms with E-state index in [1.54, 1.807) is 23.9 Å². The predicted octanol–water partition coefficient (Wildman–Crippen LogP) is 3.47. The molecule has 0 bridgehead atoms. The number of hydrogen-bond acceptors (Lipinski definition) is 3. The van der Waals surface area contributed by atoms with Gasteiger partial charge in [0, 0.05) is 28.9 Å². The van der Waals surface area contributed by atoms with Gasteiger partial charge in [-0.2, -0.15) is 20.5 Å². The van der Waals surface area contributed by atoms with Crippen molar-refractivity contribution in [2.75, 3.05) is 25.1 Å². The van der Waals surface area contributed by atoms with Crippen molar-refractivity contribution in [1.29, 1.82) is 0 Å². The van der Waals surface area contributed by atoms with Crippen molar-refractivity contribution >= 4 is 33.7 Å². The molecule has 0 aliphatic heterocycles. The monoisotopic (exact) mass is 395 g/mol. The lowest BCUT2D eigenvalue weighted by atomic mass is 10.2. The van der Waals surface area contributed by atoms with Crippen LogP contribution >= 0.6 is 27.7 Å². The molecule has 0 unspecified atom stereocenters. The van der Waals surface area contributed by atoms with Gasteiger partial charge in [-0.1, -0.05) is 15.9 Å². The van der Waals surface area contributed by atoms with E-state index in [4.69, 9.17) is 0 Å². The van der Waals surface area contributed by atoms with Crippen LogP contribution in [-0.4, -0.2) is 37.7 Å². The normalized spacial score (nSPS) is 11.6. The molecular weight excluding hydrogens is 376 g/mol. The van der Waals surface area contributed by atoms with Gasteiger partial charge in [-0.25, -0.2) is 4.99 Å². The first-order valence-corrected chi connectivity index (χ1v) is 8.99. The van der Waals surface area contributed by atoms with Gasteiger partial charge in [0.1, 0.15) is 5.75 Å². The van der Waals surface area contributed by atoms with E-state index >= 15 is 0 Å². The molecule has 0 radical (unpaired) electrons. The topological polar surface area (TPSA) is 45.7 Å². The Labute approximate surface area is 142 Å². The number of rotatable bonds is 8. The molecule has 124 valence electrons. The van der Waals surface area contributed by atoms with Crippen LogP contribution < -0.4 is 15.4 Å². The summed E-state index contributed by atoms with van der Waals surface area (Å²) in [7, 11) is 0. The van der Waals surface area contributed by atoms with Gasteiger partial charge in [0.2, 0.25) is 0 Å². The van der Waals surface area contributed by atoms with Crippen LogP contribution in [0.25, 0.3) is 0 Å². The highest BCUT2D eigenvalue weighted by Crippen LogP contribution is 2.25. The minimum absolute atomic E-state index is 0.141. The van der Waals surface area contributed by atoms with E-state index in [0.717, 1.165) is 23.3 Å². The molecular formula is C14H20BrF2N3OS. The quantitative estimate of drug-likeness (QED) is 0.401. The first-order chi connectivity index (χ1) is 10.6. The molecule has 4 nitrogen and oxygen atoms in total. The van der Waals surface area contributed by atoms with E-state index < -0.39 is 6.61 Å². The van der Waals surface area contributed by atoms with Crippen molar-refractivity contribution in [2.24, 2.45) is 4.99 Å². The molecule has 0 amide bonds. The molecule has 8 heteroatoms. The van der Waals surface area contributed by atoms with Crippen LogP contribution in [0.4, 0.5) is 8.78 Å².